The second kappa shape index (κ2) is 9.24. The third-order valence-corrected chi connectivity index (χ3v) is 5.17. The van der Waals surface area contributed by atoms with Gasteiger partial charge in [-0.2, -0.15) is 0 Å². The number of aryl methyl sites for hydroxylation is 1. The zero-order valence-electron chi connectivity index (χ0n) is 14.4. The van der Waals surface area contributed by atoms with Gasteiger partial charge in [0, 0.05) is 28.7 Å². The van der Waals surface area contributed by atoms with E-state index in [1.54, 1.807) is 0 Å². The summed E-state index contributed by atoms with van der Waals surface area (Å²) in [6, 6.07) is 0.489. The van der Waals surface area contributed by atoms with Crippen LogP contribution in [0.3, 0.4) is 0 Å². The van der Waals surface area contributed by atoms with Crippen molar-refractivity contribution < 1.29 is 0 Å². The van der Waals surface area contributed by atoms with Crippen molar-refractivity contribution in [2.24, 2.45) is 5.92 Å². The van der Waals surface area contributed by atoms with Gasteiger partial charge >= 0.3 is 0 Å². The maximum atomic E-state index is 4.69. The Morgan fingerprint density at radius 2 is 2.10 bits per heavy atom. The van der Waals surface area contributed by atoms with E-state index in [4.69, 9.17) is 4.98 Å². The molecule has 0 fully saturated rings. The molecule has 0 bridgehead atoms. The Balaban J connectivity index is 2.65. The molecule has 21 heavy (non-hydrogen) atoms. The van der Waals surface area contributed by atoms with Crippen molar-refractivity contribution in [1.82, 2.24) is 10.3 Å². The van der Waals surface area contributed by atoms with Gasteiger partial charge in [-0.1, -0.05) is 40.7 Å². The molecule has 0 saturated heterocycles. The highest BCUT2D eigenvalue weighted by Gasteiger charge is 2.21. The van der Waals surface area contributed by atoms with E-state index in [1.165, 1.54) is 23.5 Å². The van der Waals surface area contributed by atoms with Crippen molar-refractivity contribution >= 4 is 11.3 Å². The van der Waals surface area contributed by atoms with Crippen LogP contribution in [0.15, 0.2) is 17.7 Å². The molecule has 0 radical (unpaired) electrons. The number of allylic oxidation sites excluding steroid dienone is 1. The minimum atomic E-state index is 0.489. The Kier molecular flexibility index (Phi) is 8.02. The molecule has 1 heterocycles. The van der Waals surface area contributed by atoms with E-state index in [-0.39, 0.29) is 0 Å². The van der Waals surface area contributed by atoms with E-state index in [1.807, 2.05) is 11.3 Å². The lowest BCUT2D eigenvalue weighted by molar-refractivity contribution is 0.367. The van der Waals surface area contributed by atoms with Gasteiger partial charge in [0.1, 0.15) is 0 Å². The van der Waals surface area contributed by atoms with E-state index in [9.17, 15) is 0 Å². The Hall–Kier alpha value is -0.830. The molecule has 2 nitrogen and oxygen atoms in total. The maximum Gasteiger partial charge on any atom is 0.0959 e. The van der Waals surface area contributed by atoms with Crippen molar-refractivity contribution in [2.45, 2.75) is 78.7 Å². The number of aromatic nitrogens is 1. The zero-order valence-corrected chi connectivity index (χ0v) is 15.2. The molecule has 120 valence electrons. The van der Waals surface area contributed by atoms with Gasteiger partial charge in [0.25, 0.3) is 0 Å². The average Bonchev–Trinajstić information content (AvgIpc) is 2.87. The molecule has 3 heteroatoms. The monoisotopic (exact) mass is 308 g/mol. The summed E-state index contributed by atoms with van der Waals surface area (Å²) in [6.45, 7) is 15.4. The molecule has 0 aromatic carbocycles. The first-order chi connectivity index (χ1) is 9.97. The van der Waals surface area contributed by atoms with Crippen LogP contribution in [0, 0.1) is 12.8 Å². The molecule has 1 aromatic rings. The first-order valence-corrected chi connectivity index (χ1v) is 9.22. The quantitative estimate of drug-likeness (QED) is 0.604. The molecule has 1 N–H and O–H groups in total. The standard InChI is InChI=1S/C18H32N2S/c1-7-9-10-14(5)19-17(13(3)4)11-16(8-2)18-20-15(6)12-21-18/h12-13,16-17,19H,5,7-11H2,1-4,6H3. The van der Waals surface area contributed by atoms with Crippen LogP contribution in [0.1, 0.15) is 76.4 Å². The van der Waals surface area contributed by atoms with Gasteiger partial charge in [0.15, 0.2) is 0 Å². The van der Waals surface area contributed by atoms with Crippen LogP contribution in [0.25, 0.3) is 0 Å². The van der Waals surface area contributed by atoms with E-state index in [0.29, 0.717) is 17.9 Å². The lowest BCUT2D eigenvalue weighted by Gasteiger charge is -2.28. The average molecular weight is 309 g/mol. The van der Waals surface area contributed by atoms with Crippen LogP contribution < -0.4 is 5.32 Å². The van der Waals surface area contributed by atoms with Crippen molar-refractivity contribution in [3.63, 3.8) is 0 Å². The van der Waals surface area contributed by atoms with Crippen molar-refractivity contribution in [3.8, 4) is 0 Å². The van der Waals surface area contributed by atoms with Gasteiger partial charge in [-0.15, -0.1) is 11.3 Å². The molecule has 1 aromatic heterocycles. The molecule has 2 unspecified atom stereocenters. The lowest BCUT2D eigenvalue weighted by atomic mass is 9.91. The van der Waals surface area contributed by atoms with Crippen molar-refractivity contribution in [2.75, 3.05) is 0 Å². The number of hydrogen-bond acceptors (Lipinski definition) is 3. The number of hydrogen-bond donors (Lipinski definition) is 1. The van der Waals surface area contributed by atoms with Crippen LogP contribution in [-0.2, 0) is 0 Å². The topological polar surface area (TPSA) is 24.9 Å². The SMILES string of the molecule is C=C(CCCC)NC(CC(CC)c1nc(C)cs1)C(C)C. The van der Waals surface area contributed by atoms with Crippen LogP contribution in [0.5, 0.6) is 0 Å². The Bertz CT molecular complexity index is 423. The number of nitrogens with one attached hydrogen (secondary N) is 1. The number of thiazole rings is 1. The molecular formula is C18H32N2S. The Labute approximate surface area is 135 Å². The third-order valence-electron chi connectivity index (χ3n) is 4.04. The second-order valence-electron chi connectivity index (χ2n) is 6.37. The third kappa shape index (κ3) is 6.21. The van der Waals surface area contributed by atoms with Gasteiger partial charge in [0.2, 0.25) is 0 Å². The van der Waals surface area contributed by atoms with Gasteiger partial charge in [0.05, 0.1) is 5.01 Å². The van der Waals surface area contributed by atoms with Gasteiger partial charge in [-0.05, 0) is 38.5 Å². The second-order valence-corrected chi connectivity index (χ2v) is 7.26. The van der Waals surface area contributed by atoms with Crippen LogP contribution in [-0.4, -0.2) is 11.0 Å². The summed E-state index contributed by atoms with van der Waals surface area (Å²) < 4.78 is 0. The predicted molar refractivity (Wildman–Crippen MR) is 94.9 cm³/mol. The Morgan fingerprint density at radius 3 is 2.57 bits per heavy atom. The first-order valence-electron chi connectivity index (χ1n) is 8.34. The van der Waals surface area contributed by atoms with Crippen molar-refractivity contribution in [1.29, 1.82) is 0 Å². The fraction of sp³-hybridized carbons (Fsp3) is 0.722. The van der Waals surface area contributed by atoms with Crippen LogP contribution in [0.4, 0.5) is 0 Å². The highest BCUT2D eigenvalue weighted by atomic mass is 32.1. The largest absolute Gasteiger partial charge is 0.386 e. The predicted octanol–water partition coefficient (Wildman–Crippen LogP) is 5.65. The molecule has 0 aliphatic carbocycles. The van der Waals surface area contributed by atoms with Gasteiger partial charge < -0.3 is 5.32 Å². The normalized spacial score (nSPS) is 14.2. The lowest BCUT2D eigenvalue weighted by Crippen LogP contribution is -2.34. The Morgan fingerprint density at radius 1 is 1.38 bits per heavy atom. The van der Waals surface area contributed by atoms with E-state index in [0.717, 1.165) is 25.0 Å². The molecule has 0 aliphatic rings. The summed E-state index contributed by atoms with van der Waals surface area (Å²) in [5.74, 6) is 1.17. The number of rotatable bonds is 10. The minimum Gasteiger partial charge on any atom is -0.386 e. The molecule has 0 amide bonds. The van der Waals surface area contributed by atoms with E-state index in [2.05, 4.69) is 51.9 Å². The van der Waals surface area contributed by atoms with Gasteiger partial charge in [-0.25, -0.2) is 4.98 Å². The molecule has 0 aliphatic heterocycles. The van der Waals surface area contributed by atoms with Crippen molar-refractivity contribution in [3.05, 3.63) is 28.4 Å². The van der Waals surface area contributed by atoms with Crippen LogP contribution >= 0.6 is 11.3 Å². The molecule has 1 rings (SSSR count). The van der Waals surface area contributed by atoms with Crippen LogP contribution in [0.2, 0.25) is 0 Å². The van der Waals surface area contributed by atoms with E-state index >= 15 is 0 Å². The first kappa shape index (κ1) is 18.2. The minimum absolute atomic E-state index is 0.489. The number of unbranched alkanes of at least 4 members (excludes halogenated alkanes) is 1. The molecular weight excluding hydrogens is 276 g/mol. The molecule has 2 atom stereocenters. The maximum absolute atomic E-state index is 4.69. The fourth-order valence-electron chi connectivity index (χ4n) is 2.53. The molecule has 0 saturated carbocycles. The summed E-state index contributed by atoms with van der Waals surface area (Å²) in [4.78, 5) is 4.69. The summed E-state index contributed by atoms with van der Waals surface area (Å²) in [5, 5.41) is 7.13. The smallest absolute Gasteiger partial charge is 0.0959 e. The highest BCUT2D eigenvalue weighted by molar-refractivity contribution is 7.09. The van der Waals surface area contributed by atoms with Gasteiger partial charge in [-0.3, -0.25) is 0 Å². The summed E-state index contributed by atoms with van der Waals surface area (Å²) in [6.07, 6.45) is 5.83. The molecule has 0 spiro atoms. The highest BCUT2D eigenvalue weighted by Crippen LogP contribution is 2.29. The fourth-order valence-corrected chi connectivity index (χ4v) is 3.53. The number of nitrogens with zero attached hydrogens (tertiary/aromatic N) is 1. The van der Waals surface area contributed by atoms with E-state index < -0.39 is 0 Å². The zero-order chi connectivity index (χ0) is 15.8. The summed E-state index contributed by atoms with van der Waals surface area (Å²) in [5.41, 5.74) is 2.34. The summed E-state index contributed by atoms with van der Waals surface area (Å²) >= 11 is 1.81. The summed E-state index contributed by atoms with van der Waals surface area (Å²) in [7, 11) is 0.